The van der Waals surface area contributed by atoms with E-state index in [0.29, 0.717) is 5.75 Å². The Balaban J connectivity index is 0.00000112. The normalized spacial score (nSPS) is 9.93. The van der Waals surface area contributed by atoms with E-state index < -0.39 is 11.0 Å². The summed E-state index contributed by atoms with van der Waals surface area (Å²) in [5.74, 6) is 0.374. The molecule has 0 amide bonds. The lowest BCUT2D eigenvalue weighted by molar-refractivity contribution is 0.513. The number of rotatable bonds is 2. The third kappa shape index (κ3) is 2.45. The lowest BCUT2D eigenvalue weighted by atomic mass is 10.1. The zero-order chi connectivity index (χ0) is 9.97. The van der Waals surface area contributed by atoms with Crippen molar-refractivity contribution < 1.29 is 18.1 Å². The third-order valence-electron chi connectivity index (χ3n) is 1.92. The highest BCUT2D eigenvalue weighted by Crippen LogP contribution is 2.24. The van der Waals surface area contributed by atoms with Crippen molar-refractivity contribution in [2.75, 3.05) is 0 Å². The summed E-state index contributed by atoms with van der Waals surface area (Å²) in [6, 6.07) is 12.8. The molecular formula is C10H10O4S. The van der Waals surface area contributed by atoms with E-state index in [-0.39, 0.29) is 5.48 Å². The van der Waals surface area contributed by atoms with Gasteiger partial charge in [-0.2, -0.15) is 8.42 Å². The molecule has 0 aliphatic rings. The fourth-order valence-electron chi connectivity index (χ4n) is 1.36. The Morgan fingerprint density at radius 3 is 2.33 bits per heavy atom. The third-order valence-corrected chi connectivity index (χ3v) is 2.27. The molecule has 2 aromatic rings. The van der Waals surface area contributed by atoms with Gasteiger partial charge in [-0.1, -0.05) is 36.4 Å². The molecule has 0 aliphatic heterocycles. The maximum absolute atomic E-state index is 10.4. The average Bonchev–Trinajstić information content (AvgIpc) is 2.18. The Morgan fingerprint density at radius 1 is 0.933 bits per heavy atom. The molecular weight excluding hydrogens is 216 g/mol. The minimum atomic E-state index is -2.85. The molecule has 0 aliphatic carbocycles. The molecule has 2 N–H and O–H groups in total. The van der Waals surface area contributed by atoms with Gasteiger partial charge in [0.05, 0.1) is 0 Å². The van der Waals surface area contributed by atoms with E-state index in [9.17, 15) is 8.42 Å². The fraction of sp³-hybridized carbons (Fsp3) is 0. The van der Waals surface area contributed by atoms with Crippen LogP contribution in [0.25, 0.3) is 10.8 Å². The second-order valence-electron chi connectivity index (χ2n) is 2.79. The van der Waals surface area contributed by atoms with Crippen LogP contribution in [-0.2, 0) is 11.0 Å². The van der Waals surface area contributed by atoms with Crippen LogP contribution in [0.3, 0.4) is 0 Å². The molecule has 0 spiro atoms. The molecule has 4 nitrogen and oxygen atoms in total. The largest absolute Gasteiger partial charge is 0.412 e. The summed E-state index contributed by atoms with van der Waals surface area (Å²) in [5.41, 5.74) is 0. The Hall–Kier alpha value is -1.59. The number of hydrogen-bond donors (Lipinski definition) is 1. The van der Waals surface area contributed by atoms with Crippen molar-refractivity contribution in [2.45, 2.75) is 0 Å². The van der Waals surface area contributed by atoms with Crippen molar-refractivity contribution in [3.8, 4) is 5.75 Å². The van der Waals surface area contributed by atoms with E-state index in [1.807, 2.05) is 30.3 Å². The fourth-order valence-corrected chi connectivity index (χ4v) is 1.68. The van der Waals surface area contributed by atoms with Crippen molar-refractivity contribution in [1.82, 2.24) is 0 Å². The van der Waals surface area contributed by atoms with Crippen LogP contribution in [-0.4, -0.2) is 13.9 Å². The van der Waals surface area contributed by atoms with Gasteiger partial charge in [0.2, 0.25) is 0 Å². The molecule has 2 aromatic carbocycles. The molecule has 0 saturated carbocycles. The van der Waals surface area contributed by atoms with Crippen LogP contribution in [0.4, 0.5) is 0 Å². The van der Waals surface area contributed by atoms with Gasteiger partial charge in [-0.25, -0.2) is 0 Å². The standard InChI is InChI=1S/C10H8O3S.H2O/c11-14(12)13-10-7-3-5-8-4-1-2-6-9(8)10;/h1-7,14H;1H2. The maximum atomic E-state index is 10.4. The first kappa shape index (κ1) is 11.5. The van der Waals surface area contributed by atoms with Crippen LogP contribution in [0.5, 0.6) is 5.75 Å². The first-order valence-electron chi connectivity index (χ1n) is 4.07. The van der Waals surface area contributed by atoms with Crippen LogP contribution in [0.15, 0.2) is 42.5 Å². The first-order chi connectivity index (χ1) is 6.77. The second kappa shape index (κ2) is 4.77. The quantitative estimate of drug-likeness (QED) is 0.774. The van der Waals surface area contributed by atoms with Gasteiger partial charge in [-0.05, 0) is 11.5 Å². The molecule has 0 saturated heterocycles. The number of fused-ring (bicyclic) bond motifs is 1. The topological polar surface area (TPSA) is 74.9 Å². The zero-order valence-corrected chi connectivity index (χ0v) is 8.61. The highest BCUT2D eigenvalue weighted by atomic mass is 32.2. The summed E-state index contributed by atoms with van der Waals surface area (Å²) < 4.78 is 25.5. The monoisotopic (exact) mass is 226 g/mol. The van der Waals surface area contributed by atoms with Crippen molar-refractivity contribution in [3.05, 3.63) is 42.5 Å². The smallest absolute Gasteiger partial charge is 0.299 e. The van der Waals surface area contributed by atoms with Gasteiger partial charge in [0.1, 0.15) is 5.75 Å². The molecule has 80 valence electrons. The molecule has 0 atom stereocenters. The highest BCUT2D eigenvalue weighted by Gasteiger charge is 2.00. The molecule has 0 radical (unpaired) electrons. The molecule has 5 heteroatoms. The summed E-state index contributed by atoms with van der Waals surface area (Å²) in [5, 5.41) is 1.76. The first-order valence-corrected chi connectivity index (χ1v) is 5.17. The summed E-state index contributed by atoms with van der Waals surface area (Å²) >= 11 is 0. The minimum Gasteiger partial charge on any atom is -0.412 e. The van der Waals surface area contributed by atoms with E-state index in [4.69, 9.17) is 0 Å². The van der Waals surface area contributed by atoms with E-state index in [2.05, 4.69) is 4.18 Å². The van der Waals surface area contributed by atoms with E-state index in [1.54, 1.807) is 12.1 Å². The van der Waals surface area contributed by atoms with Crippen LogP contribution in [0, 0.1) is 0 Å². The number of benzene rings is 2. The second-order valence-corrected chi connectivity index (χ2v) is 3.42. The van der Waals surface area contributed by atoms with E-state index in [0.717, 1.165) is 10.8 Å². The Morgan fingerprint density at radius 2 is 1.60 bits per heavy atom. The Kier molecular flexibility index (Phi) is 3.65. The Labute approximate surface area is 88.6 Å². The van der Waals surface area contributed by atoms with Gasteiger partial charge in [-0.3, -0.25) is 0 Å². The van der Waals surface area contributed by atoms with Crippen LogP contribution in [0.1, 0.15) is 0 Å². The van der Waals surface area contributed by atoms with Crippen LogP contribution >= 0.6 is 0 Å². The van der Waals surface area contributed by atoms with Gasteiger partial charge in [0.25, 0.3) is 11.0 Å². The van der Waals surface area contributed by atoms with Gasteiger partial charge in [0.15, 0.2) is 0 Å². The van der Waals surface area contributed by atoms with E-state index in [1.165, 1.54) is 0 Å². The minimum absolute atomic E-state index is 0. The SMILES string of the molecule is O.O=[SH](=O)Oc1cccc2ccccc12. The molecule has 0 heterocycles. The summed E-state index contributed by atoms with van der Waals surface area (Å²) in [6.45, 7) is 0. The number of hydrogen-bond acceptors (Lipinski definition) is 3. The molecule has 0 bridgehead atoms. The summed E-state index contributed by atoms with van der Waals surface area (Å²) in [4.78, 5) is 0. The highest BCUT2D eigenvalue weighted by molar-refractivity contribution is 7.67. The predicted octanol–water partition coefficient (Wildman–Crippen LogP) is 0.920. The lowest BCUT2D eigenvalue weighted by Gasteiger charge is -2.02. The average molecular weight is 226 g/mol. The molecule has 0 aromatic heterocycles. The molecule has 2 rings (SSSR count). The van der Waals surface area contributed by atoms with Gasteiger partial charge in [0, 0.05) is 5.39 Å². The summed E-state index contributed by atoms with van der Waals surface area (Å²) in [6.07, 6.45) is 0. The van der Waals surface area contributed by atoms with Crippen molar-refractivity contribution in [2.24, 2.45) is 0 Å². The van der Waals surface area contributed by atoms with Crippen LogP contribution < -0.4 is 4.18 Å². The molecule has 0 fully saturated rings. The van der Waals surface area contributed by atoms with Crippen molar-refractivity contribution >= 4 is 21.8 Å². The zero-order valence-electron chi connectivity index (χ0n) is 7.71. The van der Waals surface area contributed by atoms with Gasteiger partial charge >= 0.3 is 0 Å². The Bertz CT molecular complexity index is 520. The van der Waals surface area contributed by atoms with Crippen molar-refractivity contribution in [3.63, 3.8) is 0 Å². The summed E-state index contributed by atoms with van der Waals surface area (Å²) in [7, 11) is -2.85. The predicted molar refractivity (Wildman–Crippen MR) is 58.5 cm³/mol. The van der Waals surface area contributed by atoms with Gasteiger partial charge in [-0.15, -0.1) is 0 Å². The maximum Gasteiger partial charge on any atom is 0.299 e. The lowest BCUT2D eigenvalue weighted by Crippen LogP contribution is -1.90. The molecule has 15 heavy (non-hydrogen) atoms. The van der Waals surface area contributed by atoms with E-state index >= 15 is 0 Å². The van der Waals surface area contributed by atoms with Gasteiger partial charge < -0.3 is 9.66 Å². The van der Waals surface area contributed by atoms with Crippen molar-refractivity contribution in [1.29, 1.82) is 0 Å². The molecule has 0 unspecified atom stereocenters. The number of thiol groups is 1. The van der Waals surface area contributed by atoms with Crippen LogP contribution in [0.2, 0.25) is 0 Å².